The summed E-state index contributed by atoms with van der Waals surface area (Å²) in [5.41, 5.74) is 1.16. The summed E-state index contributed by atoms with van der Waals surface area (Å²) < 4.78 is 17.1. The summed E-state index contributed by atoms with van der Waals surface area (Å²) in [6.45, 7) is 8.89. The predicted molar refractivity (Wildman–Crippen MR) is 101 cm³/mol. The number of ether oxygens (including phenoxy) is 1. The molecule has 1 amide bonds. The molecule has 8 heteroatoms. The van der Waals surface area contributed by atoms with Gasteiger partial charge in [-0.3, -0.25) is 0 Å². The molecule has 0 radical (unpaired) electrons. The monoisotopic (exact) mass is 419 g/mol. The fourth-order valence-electron chi connectivity index (χ4n) is 2.10. The van der Waals surface area contributed by atoms with E-state index in [-0.39, 0.29) is 37.3 Å². The lowest BCUT2D eigenvalue weighted by Gasteiger charge is -2.32. The van der Waals surface area contributed by atoms with Gasteiger partial charge in [0.25, 0.3) is 0 Å². The van der Waals surface area contributed by atoms with E-state index in [4.69, 9.17) is 14.0 Å². The van der Waals surface area contributed by atoms with Gasteiger partial charge in [0.2, 0.25) is 0 Å². The molecule has 24 heavy (non-hydrogen) atoms. The molecule has 0 aromatic heterocycles. The lowest BCUT2D eigenvalue weighted by Crippen LogP contribution is -2.41. The number of halogens is 2. The first-order valence-corrected chi connectivity index (χ1v) is 8.78. The molecule has 1 aliphatic rings. The molecule has 5 nitrogen and oxygen atoms in total. The Morgan fingerprint density at radius 3 is 2.21 bits per heavy atom. The number of benzene rings is 1. The summed E-state index contributed by atoms with van der Waals surface area (Å²) in [5.74, 6) is 0. The topological polar surface area (TPSA) is 56.8 Å². The SMILES string of the molecule is CC1(C)OB(c2ccc(COC(=O)NCCBr)cc2)OC1(C)C.Cl. The summed E-state index contributed by atoms with van der Waals surface area (Å²) in [5, 5.41) is 3.33. The van der Waals surface area contributed by atoms with Crippen LogP contribution in [-0.4, -0.2) is 36.3 Å². The fourth-order valence-corrected chi connectivity index (χ4v) is 2.30. The van der Waals surface area contributed by atoms with Crippen molar-refractivity contribution >= 4 is 47.0 Å². The minimum absolute atomic E-state index is 0. The van der Waals surface area contributed by atoms with Crippen LogP contribution in [0, 0.1) is 0 Å². The molecule has 134 valence electrons. The van der Waals surface area contributed by atoms with E-state index in [9.17, 15) is 4.79 Å². The standard InChI is InChI=1S/C16H23BBrNO4.ClH/c1-15(2)16(3,4)23-17(22-15)13-7-5-12(6-8-13)11-21-14(20)19-10-9-18;/h5-8H,9-11H2,1-4H3,(H,19,20);1H. The molecule has 1 saturated heterocycles. The second-order valence-electron chi connectivity index (χ2n) is 6.52. The molecular weight excluding hydrogens is 396 g/mol. The van der Waals surface area contributed by atoms with Gasteiger partial charge in [-0.1, -0.05) is 40.2 Å². The van der Waals surface area contributed by atoms with Crippen molar-refractivity contribution in [1.82, 2.24) is 5.32 Å². The normalized spacial score (nSPS) is 18.0. The Bertz CT molecular complexity index is 538. The molecule has 1 heterocycles. The Morgan fingerprint density at radius 1 is 1.17 bits per heavy atom. The maximum absolute atomic E-state index is 11.4. The number of hydrogen-bond acceptors (Lipinski definition) is 4. The summed E-state index contributed by atoms with van der Waals surface area (Å²) in [4.78, 5) is 11.4. The first-order chi connectivity index (χ1) is 10.7. The van der Waals surface area contributed by atoms with Gasteiger partial charge in [0.1, 0.15) is 6.61 Å². The zero-order valence-corrected chi connectivity index (χ0v) is 16.8. The number of rotatable bonds is 5. The zero-order valence-electron chi connectivity index (χ0n) is 14.4. The first-order valence-electron chi connectivity index (χ1n) is 7.66. The van der Waals surface area contributed by atoms with E-state index < -0.39 is 6.09 Å². The molecule has 0 unspecified atom stereocenters. The van der Waals surface area contributed by atoms with Crippen molar-refractivity contribution in [2.45, 2.75) is 45.5 Å². The first kappa shape index (κ1) is 21.3. The van der Waals surface area contributed by atoms with E-state index in [1.165, 1.54) is 0 Å². The van der Waals surface area contributed by atoms with Crippen LogP contribution in [-0.2, 0) is 20.7 Å². The molecule has 1 fully saturated rings. The zero-order chi connectivity index (χ0) is 17.1. The summed E-state index contributed by atoms with van der Waals surface area (Å²) in [6, 6.07) is 7.71. The smallest absolute Gasteiger partial charge is 0.445 e. The van der Waals surface area contributed by atoms with Crippen molar-refractivity contribution in [3.05, 3.63) is 29.8 Å². The second-order valence-corrected chi connectivity index (χ2v) is 7.31. The Hall–Kier alpha value is -0.755. The van der Waals surface area contributed by atoms with Gasteiger partial charge in [-0.05, 0) is 38.7 Å². The van der Waals surface area contributed by atoms with Crippen molar-refractivity contribution in [2.75, 3.05) is 11.9 Å². The maximum atomic E-state index is 11.4. The number of hydrogen-bond donors (Lipinski definition) is 1. The second kappa shape index (κ2) is 8.56. The van der Waals surface area contributed by atoms with Crippen LogP contribution in [0.15, 0.2) is 24.3 Å². The van der Waals surface area contributed by atoms with Crippen LogP contribution in [0.1, 0.15) is 33.3 Å². The summed E-state index contributed by atoms with van der Waals surface area (Å²) in [7, 11) is -0.378. The fraction of sp³-hybridized carbons (Fsp3) is 0.562. The number of carbonyl (C=O) groups excluding carboxylic acids is 1. The van der Waals surface area contributed by atoms with Gasteiger partial charge in [-0.15, -0.1) is 12.4 Å². The van der Waals surface area contributed by atoms with Gasteiger partial charge >= 0.3 is 13.2 Å². The molecular formula is C16H24BBrClNO4. The van der Waals surface area contributed by atoms with Gasteiger partial charge in [-0.25, -0.2) is 4.79 Å². The molecule has 0 aliphatic carbocycles. The highest BCUT2D eigenvalue weighted by molar-refractivity contribution is 9.09. The molecule has 0 saturated carbocycles. The highest BCUT2D eigenvalue weighted by Crippen LogP contribution is 2.36. The van der Waals surface area contributed by atoms with Crippen molar-refractivity contribution in [3.63, 3.8) is 0 Å². The van der Waals surface area contributed by atoms with Crippen molar-refractivity contribution in [3.8, 4) is 0 Å². The van der Waals surface area contributed by atoms with Crippen LogP contribution >= 0.6 is 28.3 Å². The Labute approximate surface area is 158 Å². The van der Waals surface area contributed by atoms with E-state index in [0.29, 0.717) is 11.9 Å². The summed E-state index contributed by atoms with van der Waals surface area (Å²) in [6.07, 6.45) is -0.417. The van der Waals surface area contributed by atoms with E-state index in [1.54, 1.807) is 0 Å². The van der Waals surface area contributed by atoms with Crippen LogP contribution in [0.25, 0.3) is 0 Å². The lowest BCUT2D eigenvalue weighted by molar-refractivity contribution is 0.00578. The average molecular weight is 421 g/mol. The maximum Gasteiger partial charge on any atom is 0.494 e. The Morgan fingerprint density at radius 2 is 1.71 bits per heavy atom. The molecule has 1 aliphatic heterocycles. The Kier molecular flexibility index (Phi) is 7.59. The number of amides is 1. The largest absolute Gasteiger partial charge is 0.494 e. The van der Waals surface area contributed by atoms with E-state index in [2.05, 4.69) is 21.2 Å². The molecule has 0 atom stereocenters. The summed E-state index contributed by atoms with van der Waals surface area (Å²) >= 11 is 3.24. The number of alkyl halides is 1. The lowest BCUT2D eigenvalue weighted by atomic mass is 9.79. The third kappa shape index (κ3) is 5.12. The molecule has 0 spiro atoms. The molecule has 1 N–H and O–H groups in total. The number of alkyl carbamates (subject to hydrolysis) is 1. The third-order valence-electron chi connectivity index (χ3n) is 4.24. The van der Waals surface area contributed by atoms with Gasteiger partial charge in [-0.2, -0.15) is 0 Å². The molecule has 1 aromatic carbocycles. The average Bonchev–Trinajstić information content (AvgIpc) is 2.72. The number of nitrogens with one attached hydrogen (secondary N) is 1. The predicted octanol–water partition coefficient (Wildman–Crippen LogP) is 3.03. The van der Waals surface area contributed by atoms with Crippen molar-refractivity contribution in [2.24, 2.45) is 0 Å². The molecule has 2 rings (SSSR count). The molecule has 1 aromatic rings. The Balaban J connectivity index is 0.00000288. The minimum Gasteiger partial charge on any atom is -0.445 e. The van der Waals surface area contributed by atoms with Gasteiger partial charge in [0.05, 0.1) is 11.2 Å². The van der Waals surface area contributed by atoms with E-state index >= 15 is 0 Å². The highest BCUT2D eigenvalue weighted by atomic mass is 79.9. The van der Waals surface area contributed by atoms with Crippen LogP contribution in [0.3, 0.4) is 0 Å². The van der Waals surface area contributed by atoms with Crippen LogP contribution in [0.4, 0.5) is 4.79 Å². The van der Waals surface area contributed by atoms with Crippen LogP contribution < -0.4 is 10.8 Å². The quantitative estimate of drug-likeness (QED) is 0.588. The third-order valence-corrected chi connectivity index (χ3v) is 4.64. The van der Waals surface area contributed by atoms with Crippen molar-refractivity contribution in [1.29, 1.82) is 0 Å². The van der Waals surface area contributed by atoms with E-state index in [1.807, 2.05) is 52.0 Å². The molecule has 0 bridgehead atoms. The van der Waals surface area contributed by atoms with Crippen LogP contribution in [0.5, 0.6) is 0 Å². The highest BCUT2D eigenvalue weighted by Gasteiger charge is 2.51. The van der Waals surface area contributed by atoms with Gasteiger partial charge in [0.15, 0.2) is 0 Å². The van der Waals surface area contributed by atoms with Gasteiger partial charge in [0, 0.05) is 11.9 Å². The van der Waals surface area contributed by atoms with Gasteiger partial charge < -0.3 is 19.4 Å². The van der Waals surface area contributed by atoms with Crippen molar-refractivity contribution < 1.29 is 18.8 Å². The number of carbonyl (C=O) groups is 1. The van der Waals surface area contributed by atoms with Crippen LogP contribution in [0.2, 0.25) is 0 Å². The minimum atomic E-state index is -0.417. The van der Waals surface area contributed by atoms with E-state index in [0.717, 1.165) is 11.0 Å².